The Hall–Kier alpha value is -2.25. The summed E-state index contributed by atoms with van der Waals surface area (Å²) in [5, 5.41) is 3.20. The van der Waals surface area contributed by atoms with Gasteiger partial charge in [-0.05, 0) is 23.2 Å². The van der Waals surface area contributed by atoms with Gasteiger partial charge in [0.25, 0.3) is 0 Å². The summed E-state index contributed by atoms with van der Waals surface area (Å²) in [5.74, 6) is 0.208. The van der Waals surface area contributed by atoms with Crippen LogP contribution in [0, 0.1) is 5.92 Å². The van der Waals surface area contributed by atoms with Crippen LogP contribution in [0.25, 0.3) is 10.4 Å². The summed E-state index contributed by atoms with van der Waals surface area (Å²) < 4.78 is 22.1. The SMILES string of the molecule is COC(=O)[C@@H](CSCc1cccc(OCCF)c1)CC(=O)CN=[N+]=[N-]. The summed E-state index contributed by atoms with van der Waals surface area (Å²) in [6, 6.07) is 7.26. The molecule has 0 radical (unpaired) electrons. The number of alkyl halides is 1. The number of Topliss-reactive ketones (excluding diaryl/α,β-unsaturated/α-hetero) is 1. The number of benzene rings is 1. The predicted octanol–water partition coefficient (Wildman–Crippen LogP) is 3.33. The highest BCUT2D eigenvalue weighted by atomic mass is 32.2. The van der Waals surface area contributed by atoms with Crippen molar-refractivity contribution in [1.82, 2.24) is 0 Å². The van der Waals surface area contributed by atoms with Crippen molar-refractivity contribution >= 4 is 23.5 Å². The van der Waals surface area contributed by atoms with Crippen molar-refractivity contribution in [1.29, 1.82) is 0 Å². The molecule has 1 atom stereocenters. The van der Waals surface area contributed by atoms with E-state index in [1.165, 1.54) is 18.9 Å². The zero-order valence-electron chi connectivity index (χ0n) is 13.9. The largest absolute Gasteiger partial charge is 0.491 e. The number of thioether (sulfide) groups is 1. The van der Waals surface area contributed by atoms with Gasteiger partial charge < -0.3 is 9.47 Å². The fraction of sp³-hybridized carbons (Fsp3) is 0.500. The van der Waals surface area contributed by atoms with Gasteiger partial charge in [0.05, 0.1) is 19.6 Å². The third-order valence-electron chi connectivity index (χ3n) is 3.15. The Bertz CT molecular complexity index is 623. The third kappa shape index (κ3) is 8.42. The van der Waals surface area contributed by atoms with E-state index in [1.54, 1.807) is 6.07 Å². The minimum atomic E-state index is -0.595. The molecule has 7 nitrogen and oxygen atoms in total. The van der Waals surface area contributed by atoms with Crippen molar-refractivity contribution in [2.24, 2.45) is 11.0 Å². The van der Waals surface area contributed by atoms with Gasteiger partial charge in [-0.15, -0.1) is 0 Å². The highest BCUT2D eigenvalue weighted by Crippen LogP contribution is 2.22. The van der Waals surface area contributed by atoms with E-state index in [0.717, 1.165) is 5.56 Å². The van der Waals surface area contributed by atoms with E-state index >= 15 is 0 Å². The number of halogens is 1. The van der Waals surface area contributed by atoms with Gasteiger partial charge in [-0.25, -0.2) is 4.39 Å². The third-order valence-corrected chi connectivity index (χ3v) is 4.33. The van der Waals surface area contributed by atoms with Gasteiger partial charge in [0, 0.05) is 22.8 Å². The van der Waals surface area contributed by atoms with Crippen LogP contribution in [0.3, 0.4) is 0 Å². The average molecular weight is 369 g/mol. The smallest absolute Gasteiger partial charge is 0.309 e. The fourth-order valence-electron chi connectivity index (χ4n) is 2.03. The van der Waals surface area contributed by atoms with Crippen molar-refractivity contribution in [2.45, 2.75) is 12.2 Å². The molecule has 0 saturated carbocycles. The zero-order valence-corrected chi connectivity index (χ0v) is 14.7. The number of methoxy groups -OCH3 is 1. The van der Waals surface area contributed by atoms with Crippen molar-refractivity contribution in [3.05, 3.63) is 40.3 Å². The Morgan fingerprint density at radius 3 is 2.92 bits per heavy atom. The lowest BCUT2D eigenvalue weighted by molar-refractivity contribution is -0.146. The van der Waals surface area contributed by atoms with Crippen LogP contribution in [-0.4, -0.2) is 44.4 Å². The average Bonchev–Trinajstić information content (AvgIpc) is 2.63. The van der Waals surface area contributed by atoms with Gasteiger partial charge in [-0.1, -0.05) is 17.2 Å². The number of nitrogens with zero attached hydrogens (tertiary/aromatic N) is 3. The van der Waals surface area contributed by atoms with Gasteiger partial charge in [-0.3, -0.25) is 9.59 Å². The van der Waals surface area contributed by atoms with Crippen LogP contribution in [0.15, 0.2) is 29.4 Å². The molecule has 0 aliphatic carbocycles. The quantitative estimate of drug-likeness (QED) is 0.243. The van der Waals surface area contributed by atoms with Gasteiger partial charge in [0.2, 0.25) is 0 Å². The number of ether oxygens (including phenoxy) is 2. The minimum Gasteiger partial charge on any atom is -0.491 e. The second kappa shape index (κ2) is 12.2. The molecule has 0 aliphatic heterocycles. The maximum Gasteiger partial charge on any atom is 0.309 e. The normalized spacial score (nSPS) is 11.3. The van der Waals surface area contributed by atoms with E-state index in [-0.39, 0.29) is 25.4 Å². The van der Waals surface area contributed by atoms with Crippen LogP contribution in [0.2, 0.25) is 0 Å². The number of hydrogen-bond donors (Lipinski definition) is 0. The van der Waals surface area contributed by atoms with Crippen molar-refractivity contribution in [3.63, 3.8) is 0 Å². The molecule has 1 aromatic rings. The van der Waals surface area contributed by atoms with E-state index < -0.39 is 18.6 Å². The monoisotopic (exact) mass is 369 g/mol. The van der Waals surface area contributed by atoms with Crippen LogP contribution in [0.5, 0.6) is 5.75 Å². The number of carbonyl (C=O) groups is 2. The molecule has 1 aromatic carbocycles. The second-order valence-corrected chi connectivity index (χ2v) is 6.08. The summed E-state index contributed by atoms with van der Waals surface area (Å²) in [4.78, 5) is 26.0. The molecule has 0 amide bonds. The number of carbonyl (C=O) groups excluding carboxylic acids is 2. The van der Waals surface area contributed by atoms with Crippen molar-refractivity contribution < 1.29 is 23.5 Å². The lowest BCUT2D eigenvalue weighted by Crippen LogP contribution is -2.23. The molecule has 1 rings (SSSR count). The molecule has 136 valence electrons. The van der Waals surface area contributed by atoms with Crippen molar-refractivity contribution in [2.75, 3.05) is 32.7 Å². The van der Waals surface area contributed by atoms with Crippen LogP contribution in [0.4, 0.5) is 4.39 Å². The number of rotatable bonds is 12. The molecular weight excluding hydrogens is 349 g/mol. The molecule has 0 saturated heterocycles. The van der Waals surface area contributed by atoms with Crippen LogP contribution < -0.4 is 4.74 Å². The van der Waals surface area contributed by atoms with E-state index in [2.05, 4.69) is 10.0 Å². The fourth-order valence-corrected chi connectivity index (χ4v) is 3.10. The highest BCUT2D eigenvalue weighted by molar-refractivity contribution is 7.98. The zero-order chi connectivity index (χ0) is 18.5. The maximum absolute atomic E-state index is 12.1. The molecule has 0 fully saturated rings. The minimum absolute atomic E-state index is 0.00824. The number of azide groups is 1. The summed E-state index contributed by atoms with van der Waals surface area (Å²) in [7, 11) is 1.27. The molecule has 0 bridgehead atoms. The second-order valence-electron chi connectivity index (χ2n) is 5.05. The first-order valence-electron chi connectivity index (χ1n) is 7.56. The van der Waals surface area contributed by atoms with E-state index in [4.69, 9.17) is 15.0 Å². The van der Waals surface area contributed by atoms with Gasteiger partial charge in [0.1, 0.15) is 24.8 Å². The molecule has 0 aromatic heterocycles. The van der Waals surface area contributed by atoms with Crippen LogP contribution in [0.1, 0.15) is 12.0 Å². The summed E-state index contributed by atoms with van der Waals surface area (Å²) in [6.07, 6.45) is -0.0294. The molecule has 0 aliphatic rings. The molecular formula is C16H20FN3O4S. The Morgan fingerprint density at radius 2 is 2.24 bits per heavy atom. The summed E-state index contributed by atoms with van der Waals surface area (Å²) >= 11 is 1.47. The summed E-state index contributed by atoms with van der Waals surface area (Å²) in [5.41, 5.74) is 9.19. The molecule has 0 heterocycles. The number of esters is 1. The first-order valence-corrected chi connectivity index (χ1v) is 8.72. The lowest BCUT2D eigenvalue weighted by Gasteiger charge is -2.13. The van der Waals surface area contributed by atoms with E-state index in [0.29, 0.717) is 17.3 Å². The van der Waals surface area contributed by atoms with Gasteiger partial charge in [-0.2, -0.15) is 11.8 Å². The first-order chi connectivity index (χ1) is 12.1. The molecule has 25 heavy (non-hydrogen) atoms. The Morgan fingerprint density at radius 1 is 1.44 bits per heavy atom. The predicted molar refractivity (Wildman–Crippen MR) is 93.2 cm³/mol. The molecule has 9 heteroatoms. The molecule has 0 N–H and O–H groups in total. The maximum atomic E-state index is 12.1. The molecule has 0 spiro atoms. The Balaban J connectivity index is 2.54. The number of ketones is 1. The van der Waals surface area contributed by atoms with Gasteiger partial charge in [0.15, 0.2) is 0 Å². The molecule has 0 unspecified atom stereocenters. The van der Waals surface area contributed by atoms with Crippen LogP contribution in [-0.2, 0) is 20.1 Å². The Kier molecular flexibility index (Phi) is 10.1. The summed E-state index contributed by atoms with van der Waals surface area (Å²) in [6.45, 7) is -0.819. The Labute approximate surface area is 149 Å². The standard InChI is InChI=1S/C16H20FN3O4S/c1-23-16(22)13(8-14(21)9-19-20-18)11-25-10-12-3-2-4-15(7-12)24-6-5-17/h2-4,7,13H,5-6,8-11H2,1H3/t13-/m1/s1. The highest BCUT2D eigenvalue weighted by Gasteiger charge is 2.22. The number of hydrogen-bond acceptors (Lipinski definition) is 6. The lowest BCUT2D eigenvalue weighted by atomic mass is 10.1. The van der Waals surface area contributed by atoms with Crippen molar-refractivity contribution in [3.8, 4) is 5.75 Å². The van der Waals surface area contributed by atoms with E-state index in [9.17, 15) is 14.0 Å². The van der Waals surface area contributed by atoms with Gasteiger partial charge >= 0.3 is 5.97 Å². The van der Waals surface area contributed by atoms with Crippen LogP contribution >= 0.6 is 11.8 Å². The first kappa shape index (κ1) is 20.8. The topological polar surface area (TPSA) is 101 Å². The van der Waals surface area contributed by atoms with E-state index in [1.807, 2.05) is 18.2 Å².